The molecular weight excluding hydrogens is 278 g/mol. The molecule has 0 aliphatic carbocycles. The number of alkyl halides is 1. The zero-order valence-electron chi connectivity index (χ0n) is 9.79. The molecule has 1 N–H and O–H groups in total. The van der Waals surface area contributed by atoms with Gasteiger partial charge in [0, 0.05) is 0 Å². The largest absolute Gasteiger partial charge is 0.463 e. The van der Waals surface area contributed by atoms with Crippen molar-refractivity contribution in [2.24, 2.45) is 0 Å². The van der Waals surface area contributed by atoms with Crippen LogP contribution in [-0.2, 0) is 14.3 Å². The molecule has 0 aromatic heterocycles. The van der Waals surface area contributed by atoms with E-state index in [1.165, 1.54) is 0 Å². The molecule has 94 valence electrons. The van der Waals surface area contributed by atoms with Crippen LogP contribution in [0.5, 0.6) is 0 Å². The van der Waals surface area contributed by atoms with Gasteiger partial charge in [-0.1, -0.05) is 22.9 Å². The van der Waals surface area contributed by atoms with Crippen LogP contribution in [0, 0.1) is 0 Å². The second-order valence-electron chi connectivity index (χ2n) is 3.22. The van der Waals surface area contributed by atoms with Gasteiger partial charge in [0.15, 0.2) is 0 Å². The van der Waals surface area contributed by atoms with Gasteiger partial charge >= 0.3 is 12.1 Å². The van der Waals surface area contributed by atoms with E-state index in [1.807, 2.05) is 6.92 Å². The van der Waals surface area contributed by atoms with Gasteiger partial charge in [-0.05, 0) is 20.3 Å². The summed E-state index contributed by atoms with van der Waals surface area (Å²) < 4.78 is 9.71. The van der Waals surface area contributed by atoms with Crippen LogP contribution in [0.3, 0.4) is 0 Å². The molecule has 2 atom stereocenters. The first kappa shape index (κ1) is 15.2. The number of amides is 1. The maximum absolute atomic E-state index is 11.2. The molecule has 0 aromatic rings. The molecular formula is C10H18BrNO4. The lowest BCUT2D eigenvalue weighted by Gasteiger charge is -2.17. The Kier molecular flexibility index (Phi) is 7.97. The number of ether oxygens (including phenoxy) is 2. The smallest absolute Gasteiger partial charge is 0.407 e. The number of halogens is 1. The number of hydrogen-bond acceptors (Lipinski definition) is 4. The Hall–Kier alpha value is -0.780. The Balaban J connectivity index is 3.92. The van der Waals surface area contributed by atoms with Crippen molar-refractivity contribution in [1.82, 2.24) is 5.32 Å². The highest BCUT2D eigenvalue weighted by molar-refractivity contribution is 9.10. The summed E-state index contributed by atoms with van der Waals surface area (Å²) in [6.45, 7) is 5.78. The highest BCUT2D eigenvalue weighted by Crippen LogP contribution is 2.02. The molecule has 0 saturated carbocycles. The fourth-order valence-corrected chi connectivity index (χ4v) is 1.03. The van der Waals surface area contributed by atoms with Crippen LogP contribution < -0.4 is 5.32 Å². The Morgan fingerprint density at radius 2 is 1.94 bits per heavy atom. The molecule has 16 heavy (non-hydrogen) atoms. The number of esters is 1. The van der Waals surface area contributed by atoms with E-state index < -0.39 is 6.09 Å². The van der Waals surface area contributed by atoms with E-state index in [-0.39, 0.29) is 23.4 Å². The molecule has 1 amide bonds. The number of carbonyl (C=O) groups is 2. The molecule has 5 nitrogen and oxygen atoms in total. The molecule has 6 heteroatoms. The fraction of sp³-hybridized carbons (Fsp3) is 0.800. The summed E-state index contributed by atoms with van der Waals surface area (Å²) in [5, 5.41) is 2.61. The quantitative estimate of drug-likeness (QED) is 0.600. The maximum Gasteiger partial charge on any atom is 0.407 e. The van der Waals surface area contributed by atoms with Crippen molar-refractivity contribution in [3.8, 4) is 0 Å². The van der Waals surface area contributed by atoms with Crippen molar-refractivity contribution >= 4 is 28.0 Å². The molecule has 0 aliphatic rings. The van der Waals surface area contributed by atoms with Gasteiger partial charge in [-0.2, -0.15) is 0 Å². The number of alkyl carbamates (subject to hydrolysis) is 1. The van der Waals surface area contributed by atoms with E-state index in [0.717, 1.165) is 0 Å². The number of nitrogens with one attached hydrogen (secondary N) is 1. The Labute approximate surface area is 104 Å². The van der Waals surface area contributed by atoms with E-state index in [0.29, 0.717) is 13.0 Å². The highest BCUT2D eigenvalue weighted by atomic mass is 79.9. The lowest BCUT2D eigenvalue weighted by atomic mass is 10.2. The summed E-state index contributed by atoms with van der Waals surface area (Å²) in [7, 11) is 0. The maximum atomic E-state index is 11.2. The van der Waals surface area contributed by atoms with E-state index >= 15 is 0 Å². The van der Waals surface area contributed by atoms with Crippen LogP contribution in [0.25, 0.3) is 0 Å². The van der Waals surface area contributed by atoms with E-state index in [2.05, 4.69) is 21.2 Å². The average molecular weight is 296 g/mol. The van der Waals surface area contributed by atoms with Gasteiger partial charge in [0.05, 0.1) is 12.6 Å². The van der Waals surface area contributed by atoms with Crippen molar-refractivity contribution in [2.75, 3.05) is 13.2 Å². The van der Waals surface area contributed by atoms with Crippen LogP contribution >= 0.6 is 15.9 Å². The van der Waals surface area contributed by atoms with Crippen LogP contribution in [0.2, 0.25) is 0 Å². The third-order valence-corrected chi connectivity index (χ3v) is 2.22. The summed E-state index contributed by atoms with van der Waals surface area (Å²) in [6.07, 6.45) is 0.181. The molecule has 0 bridgehead atoms. The minimum absolute atomic E-state index is 0.157. The van der Waals surface area contributed by atoms with Crippen molar-refractivity contribution in [1.29, 1.82) is 0 Å². The Morgan fingerprint density at radius 3 is 2.38 bits per heavy atom. The topological polar surface area (TPSA) is 64.6 Å². The van der Waals surface area contributed by atoms with Crippen molar-refractivity contribution in [2.45, 2.75) is 38.1 Å². The number of rotatable bonds is 6. The first-order valence-electron chi connectivity index (χ1n) is 5.25. The van der Waals surface area contributed by atoms with Crippen LogP contribution in [-0.4, -0.2) is 36.1 Å². The highest BCUT2D eigenvalue weighted by Gasteiger charge is 2.15. The summed E-state index contributed by atoms with van der Waals surface area (Å²) >= 11 is 3.10. The summed E-state index contributed by atoms with van der Waals surface area (Å²) in [6, 6.07) is -0.214. The first-order valence-corrected chi connectivity index (χ1v) is 6.16. The number of hydrogen-bond donors (Lipinski definition) is 1. The SMILES string of the molecule is CCOC(=O)NC(CC)COC(=O)C(C)Br. The van der Waals surface area contributed by atoms with Gasteiger partial charge in [-0.25, -0.2) is 4.79 Å². The fourth-order valence-electron chi connectivity index (χ4n) is 0.899. The third kappa shape index (κ3) is 6.66. The average Bonchev–Trinajstić information content (AvgIpc) is 2.23. The molecule has 0 rings (SSSR count). The minimum Gasteiger partial charge on any atom is -0.463 e. The molecule has 0 radical (unpaired) electrons. The zero-order valence-corrected chi connectivity index (χ0v) is 11.4. The molecule has 2 unspecified atom stereocenters. The van der Waals surface area contributed by atoms with Gasteiger partial charge in [0.1, 0.15) is 11.4 Å². The summed E-state index contributed by atoms with van der Waals surface area (Å²) in [5.74, 6) is -0.343. The van der Waals surface area contributed by atoms with Crippen LogP contribution in [0.4, 0.5) is 4.79 Å². The Morgan fingerprint density at radius 1 is 1.31 bits per heavy atom. The lowest BCUT2D eigenvalue weighted by Crippen LogP contribution is -2.39. The molecule has 0 aromatic carbocycles. The van der Waals surface area contributed by atoms with E-state index in [9.17, 15) is 9.59 Å². The third-order valence-electron chi connectivity index (χ3n) is 1.84. The first-order chi connectivity index (χ1) is 7.51. The van der Waals surface area contributed by atoms with Crippen molar-refractivity contribution in [3.05, 3.63) is 0 Å². The van der Waals surface area contributed by atoms with Crippen molar-refractivity contribution < 1.29 is 19.1 Å². The molecule has 0 saturated heterocycles. The number of carbonyl (C=O) groups excluding carboxylic acids is 2. The van der Waals surface area contributed by atoms with Crippen molar-refractivity contribution in [3.63, 3.8) is 0 Å². The molecule has 0 aliphatic heterocycles. The second kappa shape index (κ2) is 8.38. The predicted octanol–water partition coefficient (Wildman–Crippen LogP) is 1.84. The minimum atomic E-state index is -0.489. The molecule has 0 spiro atoms. The van der Waals surface area contributed by atoms with E-state index in [1.54, 1.807) is 13.8 Å². The standard InChI is InChI=1S/C10H18BrNO4/c1-4-8(12-10(14)15-5-2)6-16-9(13)7(3)11/h7-8H,4-6H2,1-3H3,(H,12,14). The van der Waals surface area contributed by atoms with Gasteiger partial charge < -0.3 is 14.8 Å². The summed E-state index contributed by atoms with van der Waals surface area (Å²) in [4.78, 5) is 21.9. The zero-order chi connectivity index (χ0) is 12.6. The van der Waals surface area contributed by atoms with Gasteiger partial charge in [-0.3, -0.25) is 4.79 Å². The lowest BCUT2D eigenvalue weighted by molar-refractivity contribution is -0.143. The van der Waals surface area contributed by atoms with Crippen LogP contribution in [0.15, 0.2) is 0 Å². The van der Waals surface area contributed by atoms with Crippen LogP contribution in [0.1, 0.15) is 27.2 Å². The second-order valence-corrected chi connectivity index (χ2v) is 4.59. The molecule has 0 fully saturated rings. The predicted molar refractivity (Wildman–Crippen MR) is 63.6 cm³/mol. The normalized spacial score (nSPS) is 13.8. The van der Waals surface area contributed by atoms with Gasteiger partial charge in [0.2, 0.25) is 0 Å². The van der Waals surface area contributed by atoms with Gasteiger partial charge in [-0.15, -0.1) is 0 Å². The summed E-state index contributed by atoms with van der Waals surface area (Å²) in [5.41, 5.74) is 0. The Bertz CT molecular complexity index is 233. The van der Waals surface area contributed by atoms with E-state index in [4.69, 9.17) is 9.47 Å². The monoisotopic (exact) mass is 295 g/mol. The van der Waals surface area contributed by atoms with Gasteiger partial charge in [0.25, 0.3) is 0 Å². The molecule has 0 heterocycles.